The minimum absolute atomic E-state index is 0.0512. The molecule has 0 spiro atoms. The molecule has 0 aromatic rings. The third-order valence-electron chi connectivity index (χ3n) is 5.01. The van der Waals surface area contributed by atoms with Crippen molar-refractivity contribution in [1.29, 1.82) is 0 Å². The molecule has 0 N–H and O–H groups in total. The van der Waals surface area contributed by atoms with E-state index in [1.165, 1.54) is 19.3 Å². The molecule has 1 radical (unpaired) electrons. The molecule has 4 aliphatic rings. The Balaban J connectivity index is 1.89. The van der Waals surface area contributed by atoms with E-state index in [1.54, 1.807) is 13.5 Å². The number of hydrogen-bond acceptors (Lipinski definition) is 2. The van der Waals surface area contributed by atoms with Gasteiger partial charge in [0.25, 0.3) is 0 Å². The quantitative estimate of drug-likeness (QED) is 0.669. The molecule has 2 atom stereocenters. The largest absolute Gasteiger partial charge is 0.458 e. The fraction of sp³-hybridized carbons (Fsp3) is 0.857. The maximum absolute atomic E-state index is 12.2. The van der Waals surface area contributed by atoms with Crippen LogP contribution in [0.4, 0.5) is 0 Å². The molecule has 4 fully saturated rings. The molecule has 89 valence electrons. The van der Waals surface area contributed by atoms with Crippen LogP contribution in [0.1, 0.15) is 52.4 Å². The predicted octanol–water partition coefficient (Wildman–Crippen LogP) is 3.32. The standard InChI is InChI=1S/C14H21O2/c1-3-16-12(15)14-7-10-4-11(8-14)6-13(2,5-10)9-14/h3,10-11H,4-9H2,1-2H3. The van der Waals surface area contributed by atoms with E-state index in [-0.39, 0.29) is 11.4 Å². The first-order chi connectivity index (χ1) is 7.55. The highest BCUT2D eigenvalue weighted by Crippen LogP contribution is 2.65. The molecule has 0 amide bonds. The molecule has 0 aliphatic heterocycles. The normalized spacial score (nSPS) is 49.4. The van der Waals surface area contributed by atoms with Crippen LogP contribution in [0.2, 0.25) is 0 Å². The minimum atomic E-state index is -0.120. The van der Waals surface area contributed by atoms with Gasteiger partial charge in [0.05, 0.1) is 5.41 Å². The van der Waals surface area contributed by atoms with Gasteiger partial charge in [-0.15, -0.1) is 0 Å². The summed E-state index contributed by atoms with van der Waals surface area (Å²) < 4.78 is 5.21. The zero-order chi connectivity index (χ0) is 11.4. The van der Waals surface area contributed by atoms with E-state index in [0.29, 0.717) is 5.41 Å². The van der Waals surface area contributed by atoms with Crippen molar-refractivity contribution in [2.45, 2.75) is 52.4 Å². The Morgan fingerprint density at radius 1 is 1.25 bits per heavy atom. The summed E-state index contributed by atoms with van der Waals surface area (Å²) in [5.74, 6) is 1.63. The molecule has 2 nitrogen and oxygen atoms in total. The van der Waals surface area contributed by atoms with Gasteiger partial charge in [0.15, 0.2) is 0 Å². The summed E-state index contributed by atoms with van der Waals surface area (Å²) in [4.78, 5) is 12.2. The summed E-state index contributed by atoms with van der Waals surface area (Å²) in [6, 6.07) is 0. The van der Waals surface area contributed by atoms with E-state index in [4.69, 9.17) is 4.74 Å². The first-order valence-electron chi connectivity index (χ1n) is 6.54. The van der Waals surface area contributed by atoms with E-state index < -0.39 is 0 Å². The highest BCUT2D eigenvalue weighted by molar-refractivity contribution is 5.78. The lowest BCUT2D eigenvalue weighted by Gasteiger charge is -2.59. The van der Waals surface area contributed by atoms with Crippen molar-refractivity contribution in [3.63, 3.8) is 0 Å². The first kappa shape index (κ1) is 10.6. The summed E-state index contributed by atoms with van der Waals surface area (Å²) in [5, 5.41) is 0. The van der Waals surface area contributed by atoms with Gasteiger partial charge in [-0.05, 0) is 62.7 Å². The topological polar surface area (TPSA) is 26.3 Å². The van der Waals surface area contributed by atoms with Crippen molar-refractivity contribution in [3.05, 3.63) is 6.61 Å². The van der Waals surface area contributed by atoms with Gasteiger partial charge >= 0.3 is 5.97 Å². The second-order valence-corrected chi connectivity index (χ2v) is 6.69. The molecule has 2 heteroatoms. The van der Waals surface area contributed by atoms with Gasteiger partial charge in [0, 0.05) is 0 Å². The van der Waals surface area contributed by atoms with Crippen molar-refractivity contribution < 1.29 is 9.53 Å². The molecule has 2 unspecified atom stereocenters. The Morgan fingerprint density at radius 3 is 2.38 bits per heavy atom. The fourth-order valence-corrected chi connectivity index (χ4v) is 5.19. The van der Waals surface area contributed by atoms with Gasteiger partial charge in [-0.3, -0.25) is 4.79 Å². The maximum Gasteiger partial charge on any atom is 0.312 e. The zero-order valence-corrected chi connectivity index (χ0v) is 10.3. The summed E-state index contributed by atoms with van der Waals surface area (Å²) in [6.45, 7) is 5.71. The Labute approximate surface area is 97.7 Å². The Hall–Kier alpha value is -0.530. The van der Waals surface area contributed by atoms with Gasteiger partial charge < -0.3 is 4.74 Å². The third kappa shape index (κ3) is 1.42. The van der Waals surface area contributed by atoms with Crippen LogP contribution in [0.25, 0.3) is 0 Å². The van der Waals surface area contributed by atoms with Crippen LogP contribution in [0.3, 0.4) is 0 Å². The molecule has 0 aromatic heterocycles. The van der Waals surface area contributed by atoms with E-state index in [0.717, 1.165) is 31.1 Å². The minimum Gasteiger partial charge on any atom is -0.458 e. The summed E-state index contributed by atoms with van der Waals surface area (Å²) in [6.07, 6.45) is 7.29. The van der Waals surface area contributed by atoms with E-state index in [2.05, 4.69) is 6.92 Å². The molecule has 0 saturated heterocycles. The van der Waals surface area contributed by atoms with E-state index >= 15 is 0 Å². The van der Waals surface area contributed by atoms with Crippen molar-refractivity contribution >= 4 is 5.97 Å². The van der Waals surface area contributed by atoms with E-state index in [1.807, 2.05) is 0 Å². The Morgan fingerprint density at radius 2 is 1.88 bits per heavy atom. The average Bonchev–Trinajstić information content (AvgIpc) is 2.13. The third-order valence-corrected chi connectivity index (χ3v) is 5.01. The van der Waals surface area contributed by atoms with Gasteiger partial charge in [-0.2, -0.15) is 0 Å². The highest BCUT2D eigenvalue weighted by Gasteiger charge is 2.59. The lowest BCUT2D eigenvalue weighted by Crippen LogP contribution is -2.54. The van der Waals surface area contributed by atoms with Crippen LogP contribution in [-0.2, 0) is 9.53 Å². The molecule has 0 aromatic carbocycles. The maximum atomic E-state index is 12.2. The monoisotopic (exact) mass is 221 g/mol. The average molecular weight is 221 g/mol. The van der Waals surface area contributed by atoms with Crippen LogP contribution in [0.15, 0.2) is 0 Å². The molecular weight excluding hydrogens is 200 g/mol. The number of ether oxygens (including phenoxy) is 1. The van der Waals surface area contributed by atoms with Crippen LogP contribution in [0, 0.1) is 29.3 Å². The molecule has 4 saturated carbocycles. The SMILES string of the molecule is C[CH]OC(=O)C12CC3CC(CC(C)(C3)C1)C2. The number of hydrogen-bond donors (Lipinski definition) is 0. The van der Waals surface area contributed by atoms with Gasteiger partial charge in [0.2, 0.25) is 0 Å². The fourth-order valence-electron chi connectivity index (χ4n) is 5.19. The Kier molecular flexibility index (Phi) is 2.15. The van der Waals surface area contributed by atoms with Crippen molar-refractivity contribution in [2.24, 2.45) is 22.7 Å². The van der Waals surface area contributed by atoms with Crippen LogP contribution < -0.4 is 0 Å². The van der Waals surface area contributed by atoms with Crippen molar-refractivity contribution in [2.75, 3.05) is 0 Å². The molecule has 16 heavy (non-hydrogen) atoms. The molecule has 0 heterocycles. The molecule has 4 aliphatic carbocycles. The number of rotatable bonds is 2. The smallest absolute Gasteiger partial charge is 0.312 e. The Bertz CT molecular complexity index is 307. The van der Waals surface area contributed by atoms with Crippen LogP contribution in [-0.4, -0.2) is 5.97 Å². The first-order valence-corrected chi connectivity index (χ1v) is 6.54. The summed E-state index contributed by atoms with van der Waals surface area (Å²) in [5.41, 5.74) is 0.308. The molecular formula is C14H21O2. The van der Waals surface area contributed by atoms with Crippen LogP contribution >= 0.6 is 0 Å². The number of carbonyl (C=O) groups excluding carboxylic acids is 1. The van der Waals surface area contributed by atoms with E-state index in [9.17, 15) is 4.79 Å². The van der Waals surface area contributed by atoms with Gasteiger partial charge in [0.1, 0.15) is 6.61 Å². The summed E-state index contributed by atoms with van der Waals surface area (Å²) >= 11 is 0. The second-order valence-electron chi connectivity index (χ2n) is 6.69. The van der Waals surface area contributed by atoms with Crippen molar-refractivity contribution in [3.8, 4) is 0 Å². The second kappa shape index (κ2) is 3.24. The highest BCUT2D eigenvalue weighted by atomic mass is 16.5. The molecule has 4 bridgehead atoms. The van der Waals surface area contributed by atoms with Crippen molar-refractivity contribution in [1.82, 2.24) is 0 Å². The molecule has 4 rings (SSSR count). The van der Waals surface area contributed by atoms with Gasteiger partial charge in [-0.1, -0.05) is 6.92 Å². The van der Waals surface area contributed by atoms with Crippen LogP contribution in [0.5, 0.6) is 0 Å². The number of carbonyl (C=O) groups is 1. The predicted molar refractivity (Wildman–Crippen MR) is 61.3 cm³/mol. The van der Waals surface area contributed by atoms with Gasteiger partial charge in [-0.25, -0.2) is 0 Å². The lowest BCUT2D eigenvalue weighted by atomic mass is 9.44. The lowest BCUT2D eigenvalue weighted by molar-refractivity contribution is -0.175. The summed E-state index contributed by atoms with van der Waals surface area (Å²) in [7, 11) is 0. The zero-order valence-electron chi connectivity index (χ0n) is 10.3. The number of esters is 1.